The SMILES string of the molecule is CCCc1ccc(C(=O)COc2ccc(C(=O)OC)cc2)cc1. The number of Topliss-reactive ketones (excluding diaryl/α,β-unsaturated/α-hetero) is 1. The molecule has 0 spiro atoms. The lowest BCUT2D eigenvalue weighted by Gasteiger charge is -2.07. The molecule has 0 aliphatic heterocycles. The lowest BCUT2D eigenvalue weighted by atomic mass is 10.1. The second kappa shape index (κ2) is 8.13. The minimum Gasteiger partial charge on any atom is -0.485 e. The minimum absolute atomic E-state index is 0.0370. The first-order valence-electron chi connectivity index (χ1n) is 7.57. The van der Waals surface area contributed by atoms with Gasteiger partial charge in [-0.2, -0.15) is 0 Å². The molecule has 4 heteroatoms. The average Bonchev–Trinajstić information content (AvgIpc) is 2.60. The molecule has 0 aliphatic rings. The van der Waals surface area contributed by atoms with Crippen molar-refractivity contribution in [1.82, 2.24) is 0 Å². The maximum Gasteiger partial charge on any atom is 0.337 e. The van der Waals surface area contributed by atoms with E-state index in [-0.39, 0.29) is 12.4 Å². The highest BCUT2D eigenvalue weighted by molar-refractivity contribution is 5.97. The molecule has 23 heavy (non-hydrogen) atoms. The molecule has 4 nitrogen and oxygen atoms in total. The predicted octanol–water partition coefficient (Wildman–Crippen LogP) is 3.69. The van der Waals surface area contributed by atoms with Crippen LogP contribution in [0.5, 0.6) is 5.75 Å². The van der Waals surface area contributed by atoms with Gasteiger partial charge in [-0.25, -0.2) is 4.79 Å². The lowest BCUT2D eigenvalue weighted by Crippen LogP contribution is -2.11. The number of benzene rings is 2. The summed E-state index contributed by atoms with van der Waals surface area (Å²) in [6.07, 6.45) is 2.09. The first-order chi connectivity index (χ1) is 11.1. The summed E-state index contributed by atoms with van der Waals surface area (Å²) in [6, 6.07) is 14.1. The fraction of sp³-hybridized carbons (Fsp3) is 0.263. The molecular weight excluding hydrogens is 292 g/mol. The molecule has 0 saturated heterocycles. The van der Waals surface area contributed by atoms with Gasteiger partial charge in [0.25, 0.3) is 0 Å². The van der Waals surface area contributed by atoms with Gasteiger partial charge >= 0.3 is 5.97 Å². The molecule has 0 bridgehead atoms. The van der Waals surface area contributed by atoms with Gasteiger partial charge in [0, 0.05) is 5.56 Å². The fourth-order valence-electron chi connectivity index (χ4n) is 2.18. The molecule has 120 valence electrons. The van der Waals surface area contributed by atoms with Crippen LogP contribution in [-0.4, -0.2) is 25.5 Å². The van der Waals surface area contributed by atoms with Crippen LogP contribution < -0.4 is 4.74 Å². The first-order valence-corrected chi connectivity index (χ1v) is 7.57. The number of carbonyl (C=O) groups is 2. The van der Waals surface area contributed by atoms with Gasteiger partial charge in [-0.05, 0) is 36.2 Å². The summed E-state index contributed by atoms with van der Waals surface area (Å²) in [5.41, 5.74) is 2.30. The third-order valence-corrected chi connectivity index (χ3v) is 3.46. The number of ether oxygens (including phenoxy) is 2. The zero-order valence-corrected chi connectivity index (χ0v) is 13.4. The maximum absolute atomic E-state index is 12.1. The topological polar surface area (TPSA) is 52.6 Å². The minimum atomic E-state index is -0.403. The van der Waals surface area contributed by atoms with E-state index in [1.165, 1.54) is 12.7 Å². The number of ketones is 1. The maximum atomic E-state index is 12.1. The smallest absolute Gasteiger partial charge is 0.337 e. The van der Waals surface area contributed by atoms with Crippen molar-refractivity contribution in [2.24, 2.45) is 0 Å². The Kier molecular flexibility index (Phi) is 5.92. The highest BCUT2D eigenvalue weighted by Gasteiger charge is 2.08. The molecule has 0 fully saturated rings. The summed E-state index contributed by atoms with van der Waals surface area (Å²) in [5, 5.41) is 0. The standard InChI is InChI=1S/C19H20O4/c1-3-4-14-5-7-15(8-6-14)18(20)13-23-17-11-9-16(10-12-17)19(21)22-2/h5-12H,3-4,13H2,1-2H3. The van der Waals surface area contributed by atoms with Gasteiger partial charge in [-0.3, -0.25) is 4.79 Å². The molecular formula is C19H20O4. The van der Waals surface area contributed by atoms with Gasteiger partial charge in [-0.1, -0.05) is 37.6 Å². The van der Waals surface area contributed by atoms with Crippen molar-refractivity contribution in [3.05, 3.63) is 65.2 Å². The number of esters is 1. The molecule has 2 rings (SSSR count). The Morgan fingerprint density at radius 1 is 0.913 bits per heavy atom. The zero-order chi connectivity index (χ0) is 16.7. The van der Waals surface area contributed by atoms with Crippen LogP contribution in [0, 0.1) is 0 Å². The Morgan fingerprint density at radius 2 is 1.52 bits per heavy atom. The van der Waals surface area contributed by atoms with Crippen LogP contribution in [0.4, 0.5) is 0 Å². The monoisotopic (exact) mass is 312 g/mol. The van der Waals surface area contributed by atoms with E-state index >= 15 is 0 Å². The summed E-state index contributed by atoms with van der Waals surface area (Å²) in [4.78, 5) is 23.4. The Labute approximate surface area is 136 Å². The van der Waals surface area contributed by atoms with Crippen LogP contribution >= 0.6 is 0 Å². The predicted molar refractivity (Wildman–Crippen MR) is 88.0 cm³/mol. The molecule has 0 N–H and O–H groups in total. The van der Waals surface area contributed by atoms with E-state index in [0.717, 1.165) is 12.8 Å². The molecule has 2 aromatic rings. The summed E-state index contributed by atoms with van der Waals surface area (Å²) >= 11 is 0. The lowest BCUT2D eigenvalue weighted by molar-refractivity contribution is 0.0600. The summed E-state index contributed by atoms with van der Waals surface area (Å²) in [5.74, 6) is 0.0542. The Bertz CT molecular complexity index is 657. The van der Waals surface area contributed by atoms with E-state index in [1.807, 2.05) is 24.3 Å². The van der Waals surface area contributed by atoms with E-state index in [9.17, 15) is 9.59 Å². The van der Waals surface area contributed by atoms with E-state index in [0.29, 0.717) is 16.9 Å². The number of aryl methyl sites for hydroxylation is 1. The third-order valence-electron chi connectivity index (χ3n) is 3.46. The zero-order valence-electron chi connectivity index (χ0n) is 13.4. The van der Waals surface area contributed by atoms with E-state index < -0.39 is 5.97 Å². The van der Waals surface area contributed by atoms with E-state index in [1.54, 1.807) is 24.3 Å². The molecule has 0 aliphatic carbocycles. The second-order valence-electron chi connectivity index (χ2n) is 5.17. The Morgan fingerprint density at radius 3 is 2.09 bits per heavy atom. The number of carbonyl (C=O) groups excluding carboxylic acids is 2. The van der Waals surface area contributed by atoms with Crippen LogP contribution in [-0.2, 0) is 11.2 Å². The van der Waals surface area contributed by atoms with Crippen molar-refractivity contribution in [1.29, 1.82) is 0 Å². The number of hydrogen-bond donors (Lipinski definition) is 0. The van der Waals surface area contributed by atoms with E-state index in [2.05, 4.69) is 11.7 Å². The van der Waals surface area contributed by atoms with Crippen LogP contribution in [0.1, 0.15) is 39.6 Å². The average molecular weight is 312 g/mol. The third kappa shape index (κ3) is 4.68. The quantitative estimate of drug-likeness (QED) is 0.578. The van der Waals surface area contributed by atoms with E-state index in [4.69, 9.17) is 4.74 Å². The molecule has 0 unspecified atom stereocenters. The molecule has 0 aromatic heterocycles. The van der Waals surface area contributed by atoms with Crippen molar-refractivity contribution < 1.29 is 19.1 Å². The molecule has 0 heterocycles. The summed E-state index contributed by atoms with van der Waals surface area (Å²) in [7, 11) is 1.33. The Balaban J connectivity index is 1.92. The van der Waals surface area contributed by atoms with Gasteiger partial charge in [0.15, 0.2) is 12.4 Å². The van der Waals surface area contributed by atoms with Crippen LogP contribution in [0.15, 0.2) is 48.5 Å². The van der Waals surface area contributed by atoms with Crippen LogP contribution in [0.25, 0.3) is 0 Å². The summed E-state index contributed by atoms with van der Waals surface area (Å²) < 4.78 is 10.1. The fourth-order valence-corrected chi connectivity index (χ4v) is 2.18. The molecule has 0 saturated carbocycles. The van der Waals surface area contributed by atoms with Gasteiger partial charge in [0.05, 0.1) is 12.7 Å². The van der Waals surface area contributed by atoms with Gasteiger partial charge in [0.2, 0.25) is 0 Å². The summed E-state index contributed by atoms with van der Waals surface area (Å²) in [6.45, 7) is 2.09. The van der Waals surface area contributed by atoms with Crippen molar-refractivity contribution in [2.75, 3.05) is 13.7 Å². The second-order valence-corrected chi connectivity index (χ2v) is 5.17. The molecule has 0 amide bonds. The molecule has 0 atom stereocenters. The van der Waals surface area contributed by atoms with Crippen molar-refractivity contribution in [3.63, 3.8) is 0 Å². The van der Waals surface area contributed by atoms with Crippen molar-refractivity contribution in [3.8, 4) is 5.75 Å². The van der Waals surface area contributed by atoms with Gasteiger partial charge in [-0.15, -0.1) is 0 Å². The van der Waals surface area contributed by atoms with Gasteiger partial charge < -0.3 is 9.47 Å². The molecule has 2 aromatic carbocycles. The van der Waals surface area contributed by atoms with Crippen molar-refractivity contribution in [2.45, 2.75) is 19.8 Å². The number of methoxy groups -OCH3 is 1. The number of rotatable bonds is 7. The van der Waals surface area contributed by atoms with Gasteiger partial charge in [0.1, 0.15) is 5.75 Å². The largest absolute Gasteiger partial charge is 0.485 e. The first kappa shape index (κ1) is 16.7. The van der Waals surface area contributed by atoms with Crippen LogP contribution in [0.3, 0.4) is 0 Å². The normalized spacial score (nSPS) is 10.2. The number of hydrogen-bond acceptors (Lipinski definition) is 4. The molecule has 0 radical (unpaired) electrons. The van der Waals surface area contributed by atoms with Crippen molar-refractivity contribution >= 4 is 11.8 Å². The Hall–Kier alpha value is -2.62. The highest BCUT2D eigenvalue weighted by Crippen LogP contribution is 2.14. The van der Waals surface area contributed by atoms with Crippen LogP contribution in [0.2, 0.25) is 0 Å². The highest BCUT2D eigenvalue weighted by atomic mass is 16.5.